The lowest BCUT2D eigenvalue weighted by molar-refractivity contribution is -0.113. The van der Waals surface area contributed by atoms with E-state index in [0.29, 0.717) is 11.5 Å². The number of anilines is 1. The van der Waals surface area contributed by atoms with Crippen LogP contribution in [-0.2, 0) is 10.5 Å². The number of furan rings is 1. The van der Waals surface area contributed by atoms with Gasteiger partial charge in [-0.25, -0.2) is 0 Å². The quantitative estimate of drug-likeness (QED) is 0.821. The van der Waals surface area contributed by atoms with Crippen molar-refractivity contribution in [2.24, 2.45) is 0 Å². The molecule has 0 saturated carbocycles. The number of rotatable bonds is 6. The maximum Gasteiger partial charge on any atom is 0.234 e. The number of amides is 1. The van der Waals surface area contributed by atoms with Gasteiger partial charge in [-0.1, -0.05) is 6.07 Å². The Balaban J connectivity index is 1.77. The maximum absolute atomic E-state index is 11.8. The molecule has 1 N–H and O–H groups in total. The normalized spacial score (nSPS) is 10.4. The van der Waals surface area contributed by atoms with E-state index in [9.17, 15) is 4.79 Å². The van der Waals surface area contributed by atoms with E-state index in [-0.39, 0.29) is 5.91 Å². The fourth-order valence-electron chi connectivity index (χ4n) is 1.54. The lowest BCUT2D eigenvalue weighted by atomic mass is 10.3. The number of carbonyl (C=O) groups is 1. The predicted octanol–water partition coefficient (Wildman–Crippen LogP) is 3.87. The summed E-state index contributed by atoms with van der Waals surface area (Å²) in [6.45, 7) is 0. The Morgan fingerprint density at radius 3 is 2.95 bits per heavy atom. The highest BCUT2D eigenvalue weighted by Gasteiger charge is 2.04. The van der Waals surface area contributed by atoms with E-state index in [0.717, 1.165) is 16.3 Å². The Kier molecular flexibility index (Phi) is 5.42. The van der Waals surface area contributed by atoms with E-state index in [1.165, 1.54) is 11.8 Å². The SMILES string of the molecule is CSc1cccc(NC(=O)CSCc2ccco2)c1. The van der Waals surface area contributed by atoms with Crippen molar-refractivity contribution >= 4 is 35.1 Å². The van der Waals surface area contributed by atoms with Gasteiger partial charge in [0.25, 0.3) is 0 Å². The third-order valence-corrected chi connectivity index (χ3v) is 4.09. The molecule has 0 saturated heterocycles. The summed E-state index contributed by atoms with van der Waals surface area (Å²) in [6, 6.07) is 11.6. The van der Waals surface area contributed by atoms with Gasteiger partial charge in [-0.2, -0.15) is 0 Å². The molecule has 2 aromatic rings. The van der Waals surface area contributed by atoms with Gasteiger partial charge in [0.1, 0.15) is 5.76 Å². The molecule has 0 aliphatic heterocycles. The maximum atomic E-state index is 11.8. The average molecular weight is 293 g/mol. The monoisotopic (exact) mass is 293 g/mol. The molecular formula is C14H15NO2S2. The number of benzene rings is 1. The summed E-state index contributed by atoms with van der Waals surface area (Å²) in [5, 5.41) is 2.89. The fourth-order valence-corrected chi connectivity index (χ4v) is 2.72. The van der Waals surface area contributed by atoms with Crippen LogP contribution < -0.4 is 5.32 Å². The highest BCUT2D eigenvalue weighted by molar-refractivity contribution is 7.99. The summed E-state index contributed by atoms with van der Waals surface area (Å²) in [4.78, 5) is 12.9. The molecule has 1 heterocycles. The molecule has 0 radical (unpaired) electrons. The molecule has 0 aliphatic carbocycles. The topological polar surface area (TPSA) is 42.2 Å². The molecule has 0 atom stereocenters. The summed E-state index contributed by atoms with van der Waals surface area (Å²) in [5.74, 6) is 2.03. The summed E-state index contributed by atoms with van der Waals surface area (Å²) in [5.41, 5.74) is 0.843. The van der Waals surface area contributed by atoms with Gasteiger partial charge in [0.05, 0.1) is 17.8 Å². The predicted molar refractivity (Wildman–Crippen MR) is 81.7 cm³/mol. The minimum atomic E-state index is 0.00908. The molecule has 1 amide bonds. The summed E-state index contributed by atoms with van der Waals surface area (Å²) < 4.78 is 5.21. The van der Waals surface area contributed by atoms with Crippen LogP contribution in [0.15, 0.2) is 52.0 Å². The molecule has 0 spiro atoms. The van der Waals surface area contributed by atoms with Gasteiger partial charge in [0, 0.05) is 10.6 Å². The molecule has 1 aromatic heterocycles. The third-order valence-electron chi connectivity index (χ3n) is 2.41. The van der Waals surface area contributed by atoms with Crippen molar-refractivity contribution in [3.63, 3.8) is 0 Å². The van der Waals surface area contributed by atoms with Crippen molar-refractivity contribution in [1.82, 2.24) is 0 Å². The van der Waals surface area contributed by atoms with Crippen molar-refractivity contribution in [3.05, 3.63) is 48.4 Å². The van der Waals surface area contributed by atoms with Crippen LogP contribution in [0.4, 0.5) is 5.69 Å². The average Bonchev–Trinajstić information content (AvgIpc) is 2.92. The minimum absolute atomic E-state index is 0.00908. The number of hydrogen-bond acceptors (Lipinski definition) is 4. The Labute approximate surface area is 121 Å². The van der Waals surface area contributed by atoms with E-state index < -0.39 is 0 Å². The summed E-state index contributed by atoms with van der Waals surface area (Å²) in [7, 11) is 0. The molecule has 0 fully saturated rings. The highest BCUT2D eigenvalue weighted by atomic mass is 32.2. The number of carbonyl (C=O) groups excluding carboxylic acids is 1. The van der Waals surface area contributed by atoms with Crippen LogP contribution >= 0.6 is 23.5 Å². The minimum Gasteiger partial charge on any atom is -0.468 e. The zero-order valence-corrected chi connectivity index (χ0v) is 12.2. The van der Waals surface area contributed by atoms with E-state index in [1.807, 2.05) is 42.7 Å². The highest BCUT2D eigenvalue weighted by Crippen LogP contribution is 2.19. The Morgan fingerprint density at radius 1 is 1.32 bits per heavy atom. The fraction of sp³-hybridized carbons (Fsp3) is 0.214. The largest absolute Gasteiger partial charge is 0.468 e. The lowest BCUT2D eigenvalue weighted by Gasteiger charge is -2.06. The van der Waals surface area contributed by atoms with Gasteiger partial charge in [-0.3, -0.25) is 4.79 Å². The van der Waals surface area contributed by atoms with Gasteiger partial charge in [-0.15, -0.1) is 23.5 Å². The molecule has 19 heavy (non-hydrogen) atoms. The third kappa shape index (κ3) is 4.69. The van der Waals surface area contributed by atoms with E-state index in [1.54, 1.807) is 18.0 Å². The second kappa shape index (κ2) is 7.31. The van der Waals surface area contributed by atoms with Crippen LogP contribution in [-0.4, -0.2) is 17.9 Å². The summed E-state index contributed by atoms with van der Waals surface area (Å²) >= 11 is 3.19. The lowest BCUT2D eigenvalue weighted by Crippen LogP contribution is -2.14. The van der Waals surface area contributed by atoms with Crippen molar-refractivity contribution in [3.8, 4) is 0 Å². The molecule has 0 aliphatic rings. The molecule has 1 aromatic carbocycles. The Morgan fingerprint density at radius 2 is 2.21 bits per heavy atom. The number of hydrogen-bond donors (Lipinski definition) is 1. The first-order valence-electron chi connectivity index (χ1n) is 5.82. The van der Waals surface area contributed by atoms with Crippen molar-refractivity contribution in [2.45, 2.75) is 10.6 Å². The first-order valence-corrected chi connectivity index (χ1v) is 8.20. The second-order valence-corrected chi connectivity index (χ2v) is 5.72. The molecule has 0 bridgehead atoms. The van der Waals surface area contributed by atoms with Crippen LogP contribution in [0.25, 0.3) is 0 Å². The van der Waals surface area contributed by atoms with Crippen LogP contribution in [0.2, 0.25) is 0 Å². The van der Waals surface area contributed by atoms with Crippen molar-refractivity contribution < 1.29 is 9.21 Å². The molecule has 5 heteroatoms. The second-order valence-electron chi connectivity index (χ2n) is 3.85. The molecule has 2 rings (SSSR count). The van der Waals surface area contributed by atoms with E-state index in [4.69, 9.17) is 4.42 Å². The van der Waals surface area contributed by atoms with E-state index >= 15 is 0 Å². The van der Waals surface area contributed by atoms with Crippen LogP contribution in [0.3, 0.4) is 0 Å². The van der Waals surface area contributed by atoms with Crippen molar-refractivity contribution in [1.29, 1.82) is 0 Å². The zero-order valence-electron chi connectivity index (χ0n) is 10.6. The number of nitrogens with one attached hydrogen (secondary N) is 1. The smallest absolute Gasteiger partial charge is 0.234 e. The zero-order chi connectivity index (χ0) is 13.5. The van der Waals surface area contributed by atoms with Crippen LogP contribution in [0.5, 0.6) is 0 Å². The summed E-state index contributed by atoms with van der Waals surface area (Å²) in [6.07, 6.45) is 3.66. The van der Waals surface area contributed by atoms with Gasteiger partial charge in [-0.05, 0) is 36.6 Å². The van der Waals surface area contributed by atoms with Gasteiger partial charge in [0.15, 0.2) is 0 Å². The first-order chi connectivity index (χ1) is 9.28. The first kappa shape index (κ1) is 14.1. The Hall–Kier alpha value is -1.33. The van der Waals surface area contributed by atoms with Crippen LogP contribution in [0, 0.1) is 0 Å². The Bertz CT molecular complexity index is 526. The molecule has 0 unspecified atom stereocenters. The number of thioether (sulfide) groups is 2. The van der Waals surface area contributed by atoms with Crippen molar-refractivity contribution in [2.75, 3.05) is 17.3 Å². The standard InChI is InChI=1S/C14H15NO2S2/c1-18-13-6-2-4-11(8-13)15-14(16)10-19-9-12-5-3-7-17-12/h2-8H,9-10H2,1H3,(H,15,16). The van der Waals surface area contributed by atoms with Gasteiger partial charge in [0.2, 0.25) is 5.91 Å². The molecule has 100 valence electrons. The van der Waals surface area contributed by atoms with Crippen LogP contribution in [0.1, 0.15) is 5.76 Å². The van der Waals surface area contributed by atoms with E-state index in [2.05, 4.69) is 5.32 Å². The van der Waals surface area contributed by atoms with Gasteiger partial charge < -0.3 is 9.73 Å². The van der Waals surface area contributed by atoms with Gasteiger partial charge >= 0.3 is 0 Å². The molecular weight excluding hydrogens is 278 g/mol. The molecule has 3 nitrogen and oxygen atoms in total.